The molecule has 134 valence electrons. The fourth-order valence-electron chi connectivity index (χ4n) is 3.01. The first-order valence-electron chi connectivity index (χ1n) is 7.96. The SMILES string of the molecule is CN1C(=O)C(F)C(=Nc2ccc(I)cc2F)c2c1c(C1CC1)n[nH]c2=O. The number of carbonyl (C=O) groups is 1. The number of anilines is 1. The molecule has 1 atom stereocenters. The lowest BCUT2D eigenvalue weighted by molar-refractivity contribution is -0.121. The summed E-state index contributed by atoms with van der Waals surface area (Å²) in [5.74, 6) is -1.39. The van der Waals surface area contributed by atoms with E-state index in [4.69, 9.17) is 0 Å². The summed E-state index contributed by atoms with van der Waals surface area (Å²) < 4.78 is 29.6. The predicted octanol–water partition coefficient (Wildman–Crippen LogP) is 2.83. The van der Waals surface area contributed by atoms with Gasteiger partial charge in [0.1, 0.15) is 5.82 Å². The third kappa shape index (κ3) is 2.74. The van der Waals surface area contributed by atoms with Crippen molar-refractivity contribution in [3.8, 4) is 0 Å². The molecule has 1 N–H and O–H groups in total. The molecule has 26 heavy (non-hydrogen) atoms. The first-order valence-corrected chi connectivity index (χ1v) is 9.04. The number of hydrogen-bond donors (Lipinski definition) is 1. The molecule has 0 bridgehead atoms. The fraction of sp³-hybridized carbons (Fsp3) is 0.294. The Hall–Kier alpha value is -2.17. The number of aromatic amines is 1. The van der Waals surface area contributed by atoms with E-state index in [-0.39, 0.29) is 28.6 Å². The molecule has 1 saturated carbocycles. The number of nitrogens with one attached hydrogen (secondary N) is 1. The molecule has 9 heteroatoms. The van der Waals surface area contributed by atoms with Gasteiger partial charge in [0.2, 0.25) is 6.17 Å². The molecule has 2 aliphatic rings. The van der Waals surface area contributed by atoms with E-state index in [0.29, 0.717) is 9.26 Å². The molecular weight excluding hydrogens is 457 g/mol. The standard InChI is InChI=1S/C17H13F2IN4O2/c1-24-15-11(16(25)23-22-13(15)7-2-3-7)14(12(19)17(24)26)21-10-5-4-8(20)6-9(10)18/h4-7,12H,2-3H2,1H3,(H,23,25). The summed E-state index contributed by atoms with van der Waals surface area (Å²) in [6, 6.07) is 4.24. The van der Waals surface area contributed by atoms with Crippen LogP contribution in [0.3, 0.4) is 0 Å². The quantitative estimate of drug-likeness (QED) is 0.686. The molecular formula is C17H13F2IN4O2. The van der Waals surface area contributed by atoms with Crippen molar-refractivity contribution < 1.29 is 13.6 Å². The van der Waals surface area contributed by atoms with Crippen LogP contribution in [-0.4, -0.2) is 35.0 Å². The van der Waals surface area contributed by atoms with Crippen LogP contribution >= 0.6 is 22.6 Å². The number of rotatable bonds is 2. The van der Waals surface area contributed by atoms with E-state index in [1.165, 1.54) is 19.2 Å². The van der Waals surface area contributed by atoms with Crippen LogP contribution in [0.2, 0.25) is 0 Å². The molecule has 1 fully saturated rings. The van der Waals surface area contributed by atoms with Gasteiger partial charge in [0.25, 0.3) is 11.5 Å². The van der Waals surface area contributed by atoms with Crippen molar-refractivity contribution >= 4 is 45.6 Å². The number of aliphatic imine (C=N–C) groups is 1. The van der Waals surface area contributed by atoms with Crippen molar-refractivity contribution in [3.05, 3.63) is 49.2 Å². The molecule has 0 spiro atoms. The maximum atomic E-state index is 14.8. The number of halogens is 3. The minimum absolute atomic E-state index is 0.0607. The third-order valence-electron chi connectivity index (χ3n) is 4.48. The maximum Gasteiger partial charge on any atom is 0.275 e. The van der Waals surface area contributed by atoms with Crippen LogP contribution in [0, 0.1) is 9.39 Å². The minimum Gasteiger partial charge on any atom is -0.310 e. The summed E-state index contributed by atoms with van der Waals surface area (Å²) >= 11 is 1.94. The Bertz CT molecular complexity index is 1020. The number of alkyl halides is 1. The Morgan fingerprint density at radius 3 is 2.73 bits per heavy atom. The molecule has 1 aromatic carbocycles. The lowest BCUT2D eigenvalue weighted by Crippen LogP contribution is -2.47. The van der Waals surface area contributed by atoms with Crippen molar-refractivity contribution in [2.45, 2.75) is 24.9 Å². The highest BCUT2D eigenvalue weighted by molar-refractivity contribution is 14.1. The number of benzene rings is 1. The normalized spacial score (nSPS) is 21.2. The zero-order valence-corrected chi connectivity index (χ0v) is 15.8. The molecule has 1 amide bonds. The van der Waals surface area contributed by atoms with Crippen LogP contribution < -0.4 is 10.5 Å². The second-order valence-electron chi connectivity index (χ2n) is 6.29. The van der Waals surface area contributed by atoms with Crippen LogP contribution in [0.25, 0.3) is 0 Å². The van der Waals surface area contributed by atoms with Gasteiger partial charge >= 0.3 is 0 Å². The molecule has 2 heterocycles. The first kappa shape index (κ1) is 17.3. The molecule has 1 aromatic heterocycles. The van der Waals surface area contributed by atoms with Gasteiger partial charge in [-0.15, -0.1) is 0 Å². The highest BCUT2D eigenvalue weighted by atomic mass is 127. The summed E-state index contributed by atoms with van der Waals surface area (Å²) in [6.45, 7) is 0. The molecule has 1 aliphatic heterocycles. The number of carbonyl (C=O) groups excluding carboxylic acids is 1. The largest absolute Gasteiger partial charge is 0.310 e. The zero-order chi connectivity index (χ0) is 18.6. The molecule has 6 nitrogen and oxygen atoms in total. The maximum absolute atomic E-state index is 14.8. The zero-order valence-electron chi connectivity index (χ0n) is 13.6. The van der Waals surface area contributed by atoms with E-state index in [9.17, 15) is 18.4 Å². The van der Waals surface area contributed by atoms with Gasteiger partial charge in [0.15, 0.2) is 0 Å². The Morgan fingerprint density at radius 1 is 1.35 bits per heavy atom. The van der Waals surface area contributed by atoms with Gasteiger partial charge in [-0.1, -0.05) is 0 Å². The minimum atomic E-state index is -2.15. The Kier molecular flexibility index (Phi) is 4.13. The van der Waals surface area contributed by atoms with E-state index >= 15 is 0 Å². The third-order valence-corrected chi connectivity index (χ3v) is 5.15. The van der Waals surface area contributed by atoms with E-state index in [2.05, 4.69) is 15.2 Å². The molecule has 2 aromatic rings. The molecule has 0 radical (unpaired) electrons. The Morgan fingerprint density at radius 2 is 2.08 bits per heavy atom. The summed E-state index contributed by atoms with van der Waals surface area (Å²) in [5.41, 5.74) is -0.423. The topological polar surface area (TPSA) is 78.4 Å². The van der Waals surface area contributed by atoms with Gasteiger partial charge in [0.05, 0.1) is 28.3 Å². The fourth-order valence-corrected chi connectivity index (χ4v) is 3.47. The highest BCUT2D eigenvalue weighted by Gasteiger charge is 2.42. The van der Waals surface area contributed by atoms with E-state index < -0.39 is 23.5 Å². The van der Waals surface area contributed by atoms with Gasteiger partial charge in [0, 0.05) is 16.5 Å². The van der Waals surface area contributed by atoms with Gasteiger partial charge in [-0.05, 0) is 53.6 Å². The lowest BCUT2D eigenvalue weighted by Gasteiger charge is -2.29. The van der Waals surface area contributed by atoms with Crippen LogP contribution in [0.4, 0.5) is 20.2 Å². The van der Waals surface area contributed by atoms with Crippen molar-refractivity contribution in [1.29, 1.82) is 0 Å². The molecule has 4 rings (SSSR count). The Labute approximate surface area is 160 Å². The number of nitrogens with zero attached hydrogens (tertiary/aromatic N) is 3. The summed E-state index contributed by atoms with van der Waals surface area (Å²) in [4.78, 5) is 29.9. The van der Waals surface area contributed by atoms with Crippen LogP contribution in [-0.2, 0) is 4.79 Å². The summed E-state index contributed by atoms with van der Waals surface area (Å²) in [6.07, 6.45) is -0.392. The van der Waals surface area contributed by atoms with E-state index in [0.717, 1.165) is 17.7 Å². The van der Waals surface area contributed by atoms with Crippen LogP contribution in [0.15, 0.2) is 28.0 Å². The summed E-state index contributed by atoms with van der Waals surface area (Å²) in [7, 11) is 1.41. The van der Waals surface area contributed by atoms with E-state index in [1.54, 1.807) is 6.07 Å². The number of hydrogen-bond acceptors (Lipinski definition) is 4. The van der Waals surface area contributed by atoms with Crippen molar-refractivity contribution in [1.82, 2.24) is 10.2 Å². The van der Waals surface area contributed by atoms with Gasteiger partial charge < -0.3 is 4.90 Å². The lowest BCUT2D eigenvalue weighted by atomic mass is 9.97. The van der Waals surface area contributed by atoms with Crippen LogP contribution in [0.5, 0.6) is 0 Å². The smallest absolute Gasteiger partial charge is 0.275 e. The number of H-pyrrole nitrogens is 1. The molecule has 1 aliphatic carbocycles. The molecule has 0 saturated heterocycles. The van der Waals surface area contributed by atoms with Crippen molar-refractivity contribution in [3.63, 3.8) is 0 Å². The van der Waals surface area contributed by atoms with Gasteiger partial charge in [-0.3, -0.25) is 9.59 Å². The molecule has 1 unspecified atom stereocenters. The second kappa shape index (κ2) is 6.22. The Balaban J connectivity index is 1.98. The average molecular weight is 470 g/mol. The summed E-state index contributed by atoms with van der Waals surface area (Å²) in [5, 5.41) is 6.41. The number of fused-ring (bicyclic) bond motifs is 1. The predicted molar refractivity (Wildman–Crippen MR) is 100 cm³/mol. The second-order valence-corrected chi connectivity index (χ2v) is 7.53. The average Bonchev–Trinajstić information content (AvgIpc) is 3.43. The monoisotopic (exact) mass is 470 g/mol. The number of aromatic nitrogens is 2. The van der Waals surface area contributed by atoms with Gasteiger partial charge in [-0.2, -0.15) is 5.10 Å². The first-order chi connectivity index (χ1) is 12.4. The van der Waals surface area contributed by atoms with Crippen LogP contribution in [0.1, 0.15) is 30.0 Å². The number of amides is 1. The van der Waals surface area contributed by atoms with E-state index in [1.807, 2.05) is 22.6 Å². The highest BCUT2D eigenvalue weighted by Crippen LogP contribution is 2.44. The van der Waals surface area contributed by atoms with Crippen molar-refractivity contribution in [2.24, 2.45) is 4.99 Å². The van der Waals surface area contributed by atoms with Gasteiger partial charge in [-0.25, -0.2) is 18.9 Å². The van der Waals surface area contributed by atoms with Crippen molar-refractivity contribution in [2.75, 3.05) is 11.9 Å².